The Hall–Kier alpha value is -1.85. The van der Waals surface area contributed by atoms with Crippen LogP contribution in [0.2, 0.25) is 0 Å². The molecule has 5 aliphatic rings. The maximum atomic E-state index is 13.2. The van der Waals surface area contributed by atoms with Gasteiger partial charge in [0.1, 0.15) is 5.76 Å². The number of amides is 2. The van der Waals surface area contributed by atoms with Gasteiger partial charge in [0.25, 0.3) is 5.91 Å². The van der Waals surface area contributed by atoms with E-state index in [0.29, 0.717) is 31.6 Å². The summed E-state index contributed by atoms with van der Waals surface area (Å²) in [5.74, 6) is 3.44. The predicted molar refractivity (Wildman–Crippen MR) is 98.9 cm³/mol. The Balaban J connectivity index is 1.31. The molecule has 4 aliphatic carbocycles. The third-order valence-electron chi connectivity index (χ3n) is 7.48. The van der Waals surface area contributed by atoms with Crippen LogP contribution < -0.4 is 0 Å². The first-order chi connectivity index (χ1) is 12.9. The zero-order valence-corrected chi connectivity index (χ0v) is 16.4. The molecule has 6 rings (SSSR count). The van der Waals surface area contributed by atoms with Gasteiger partial charge in [0.05, 0.1) is 6.54 Å². The van der Waals surface area contributed by atoms with Crippen LogP contribution in [0.25, 0.3) is 0 Å². The molecule has 6 nitrogen and oxygen atoms in total. The standard InChI is InChI=1S/C21H29N3O3/c1-23(2)20(26)19-16-12-24(4-3-17(16)27-22-19)18(25)11-21-8-13-5-14(9-21)7-15(6-13)10-21/h13-15H,3-12H2,1-2H3. The highest BCUT2D eigenvalue weighted by atomic mass is 16.5. The van der Waals surface area contributed by atoms with Crippen LogP contribution in [0.3, 0.4) is 0 Å². The maximum absolute atomic E-state index is 13.2. The van der Waals surface area contributed by atoms with Gasteiger partial charge in [0.2, 0.25) is 5.91 Å². The number of carbonyl (C=O) groups excluding carboxylic acids is 2. The van der Waals surface area contributed by atoms with Crippen molar-refractivity contribution in [3.63, 3.8) is 0 Å². The minimum atomic E-state index is -0.157. The fraction of sp³-hybridized carbons (Fsp3) is 0.762. The molecule has 1 aliphatic heterocycles. The van der Waals surface area contributed by atoms with Crippen LogP contribution in [0.1, 0.15) is 66.8 Å². The van der Waals surface area contributed by atoms with E-state index in [1.54, 1.807) is 14.1 Å². The summed E-state index contributed by atoms with van der Waals surface area (Å²) in [5, 5.41) is 3.99. The van der Waals surface area contributed by atoms with Gasteiger partial charge in [-0.2, -0.15) is 0 Å². The lowest BCUT2D eigenvalue weighted by Crippen LogP contribution is -2.49. The van der Waals surface area contributed by atoms with Crippen molar-refractivity contribution >= 4 is 11.8 Å². The monoisotopic (exact) mass is 371 g/mol. The van der Waals surface area contributed by atoms with Crippen LogP contribution in [-0.2, 0) is 17.8 Å². The summed E-state index contributed by atoms with van der Waals surface area (Å²) < 4.78 is 5.39. The molecule has 4 saturated carbocycles. The van der Waals surface area contributed by atoms with Crippen LogP contribution in [-0.4, -0.2) is 47.4 Å². The summed E-state index contributed by atoms with van der Waals surface area (Å²) in [6.45, 7) is 1.13. The van der Waals surface area contributed by atoms with Gasteiger partial charge in [-0.05, 0) is 61.7 Å². The predicted octanol–water partition coefficient (Wildman–Crippen LogP) is 2.87. The van der Waals surface area contributed by atoms with Crippen LogP contribution in [0.5, 0.6) is 0 Å². The summed E-state index contributed by atoms with van der Waals surface area (Å²) >= 11 is 0. The van der Waals surface area contributed by atoms with E-state index in [-0.39, 0.29) is 17.2 Å². The topological polar surface area (TPSA) is 66.7 Å². The second-order valence-electron chi connectivity index (χ2n) is 9.79. The Labute approximate surface area is 160 Å². The largest absolute Gasteiger partial charge is 0.360 e. The van der Waals surface area contributed by atoms with E-state index in [0.717, 1.165) is 29.1 Å². The van der Waals surface area contributed by atoms with Gasteiger partial charge in [0.15, 0.2) is 5.69 Å². The number of fused-ring (bicyclic) bond motifs is 1. The Bertz CT molecular complexity index is 746. The van der Waals surface area contributed by atoms with Gasteiger partial charge in [-0.15, -0.1) is 0 Å². The number of rotatable bonds is 3. The highest BCUT2D eigenvalue weighted by Crippen LogP contribution is 2.61. The van der Waals surface area contributed by atoms with Crippen molar-refractivity contribution in [2.24, 2.45) is 23.2 Å². The molecule has 0 saturated heterocycles. The lowest BCUT2D eigenvalue weighted by molar-refractivity contribution is -0.140. The second kappa shape index (κ2) is 6.08. The van der Waals surface area contributed by atoms with E-state index in [1.807, 2.05) is 4.90 Å². The van der Waals surface area contributed by atoms with Crippen molar-refractivity contribution in [3.05, 3.63) is 17.0 Å². The molecule has 2 amide bonds. The quantitative estimate of drug-likeness (QED) is 0.819. The molecule has 4 bridgehead atoms. The minimum absolute atomic E-state index is 0.157. The molecule has 0 radical (unpaired) electrons. The van der Waals surface area contributed by atoms with E-state index in [4.69, 9.17) is 4.52 Å². The van der Waals surface area contributed by atoms with Gasteiger partial charge >= 0.3 is 0 Å². The molecule has 1 aromatic heterocycles. The van der Waals surface area contributed by atoms with E-state index in [2.05, 4.69) is 5.16 Å². The molecule has 6 heteroatoms. The van der Waals surface area contributed by atoms with Gasteiger partial charge in [-0.3, -0.25) is 9.59 Å². The van der Waals surface area contributed by atoms with Crippen LogP contribution in [0, 0.1) is 23.2 Å². The first-order valence-electron chi connectivity index (χ1n) is 10.4. The fourth-order valence-electron chi connectivity index (χ4n) is 6.74. The van der Waals surface area contributed by atoms with Gasteiger partial charge in [0, 0.05) is 39.0 Å². The molecule has 0 aromatic carbocycles. The number of nitrogens with zero attached hydrogens (tertiary/aromatic N) is 3. The van der Waals surface area contributed by atoms with Gasteiger partial charge in [-0.1, -0.05) is 5.16 Å². The minimum Gasteiger partial charge on any atom is -0.360 e. The Morgan fingerprint density at radius 2 is 1.78 bits per heavy atom. The molecule has 4 fully saturated rings. The number of hydrogen-bond donors (Lipinski definition) is 0. The molecule has 0 spiro atoms. The number of hydrogen-bond acceptors (Lipinski definition) is 4. The van der Waals surface area contributed by atoms with Crippen molar-refractivity contribution in [1.29, 1.82) is 0 Å². The maximum Gasteiger partial charge on any atom is 0.275 e. The van der Waals surface area contributed by atoms with E-state index < -0.39 is 0 Å². The average molecular weight is 371 g/mol. The Kier molecular flexibility index (Phi) is 3.89. The lowest BCUT2D eigenvalue weighted by Gasteiger charge is -2.57. The molecule has 0 unspecified atom stereocenters. The first kappa shape index (κ1) is 17.3. The van der Waals surface area contributed by atoms with Gasteiger partial charge < -0.3 is 14.3 Å². The zero-order chi connectivity index (χ0) is 18.8. The summed E-state index contributed by atoms with van der Waals surface area (Å²) in [6, 6.07) is 0. The van der Waals surface area contributed by atoms with Crippen molar-refractivity contribution < 1.29 is 14.1 Å². The zero-order valence-electron chi connectivity index (χ0n) is 16.4. The second-order valence-corrected chi connectivity index (χ2v) is 9.79. The highest BCUT2D eigenvalue weighted by Gasteiger charge is 2.51. The van der Waals surface area contributed by atoms with Crippen molar-refractivity contribution in [2.45, 2.75) is 57.9 Å². The molecule has 27 heavy (non-hydrogen) atoms. The SMILES string of the molecule is CN(C)C(=O)c1noc2c1CN(C(=O)CC13CC4CC(CC(C4)C1)C3)CC2. The third kappa shape index (κ3) is 2.88. The normalized spacial score (nSPS) is 33.9. The molecule has 0 N–H and O–H groups in total. The molecule has 2 heterocycles. The van der Waals surface area contributed by atoms with Crippen molar-refractivity contribution in [1.82, 2.24) is 15.0 Å². The van der Waals surface area contributed by atoms with E-state index >= 15 is 0 Å². The fourth-order valence-corrected chi connectivity index (χ4v) is 6.74. The van der Waals surface area contributed by atoms with Crippen LogP contribution >= 0.6 is 0 Å². The molecular weight excluding hydrogens is 342 g/mol. The van der Waals surface area contributed by atoms with Crippen molar-refractivity contribution in [3.8, 4) is 0 Å². The van der Waals surface area contributed by atoms with E-state index in [1.165, 1.54) is 43.4 Å². The molecule has 146 valence electrons. The van der Waals surface area contributed by atoms with Crippen LogP contribution in [0.15, 0.2) is 4.52 Å². The number of aromatic nitrogens is 1. The average Bonchev–Trinajstić information content (AvgIpc) is 3.02. The summed E-state index contributed by atoms with van der Waals surface area (Å²) in [5.41, 5.74) is 1.42. The van der Waals surface area contributed by atoms with Crippen molar-refractivity contribution in [2.75, 3.05) is 20.6 Å². The Morgan fingerprint density at radius 3 is 2.37 bits per heavy atom. The first-order valence-corrected chi connectivity index (χ1v) is 10.4. The molecular formula is C21H29N3O3. The molecule has 0 atom stereocenters. The third-order valence-corrected chi connectivity index (χ3v) is 7.48. The van der Waals surface area contributed by atoms with Crippen LogP contribution in [0.4, 0.5) is 0 Å². The summed E-state index contributed by atoms with van der Waals surface area (Å²) in [6.07, 6.45) is 9.29. The molecule has 1 aromatic rings. The number of carbonyl (C=O) groups is 2. The highest BCUT2D eigenvalue weighted by molar-refractivity contribution is 5.93. The van der Waals surface area contributed by atoms with Gasteiger partial charge in [-0.25, -0.2) is 0 Å². The summed E-state index contributed by atoms with van der Waals surface area (Å²) in [7, 11) is 3.42. The summed E-state index contributed by atoms with van der Waals surface area (Å²) in [4.78, 5) is 29.0. The smallest absolute Gasteiger partial charge is 0.275 e. The lowest BCUT2D eigenvalue weighted by atomic mass is 9.49. The van der Waals surface area contributed by atoms with E-state index in [9.17, 15) is 9.59 Å². The Morgan fingerprint density at radius 1 is 1.15 bits per heavy atom.